The Morgan fingerprint density at radius 2 is 1.91 bits per heavy atom. The number of aliphatic imine (C=N–C) groups is 1. The van der Waals surface area contributed by atoms with Gasteiger partial charge in [0.1, 0.15) is 5.70 Å². The van der Waals surface area contributed by atoms with Crippen LogP contribution in [0.25, 0.3) is 0 Å². The summed E-state index contributed by atoms with van der Waals surface area (Å²) in [4.78, 5) is 18.7. The van der Waals surface area contributed by atoms with Crippen molar-refractivity contribution in [2.75, 3.05) is 26.8 Å². The van der Waals surface area contributed by atoms with E-state index in [1.54, 1.807) is 25.5 Å². The minimum atomic E-state index is -0.0414. The third-order valence-corrected chi connectivity index (χ3v) is 5.38. The quantitative estimate of drug-likeness (QED) is 0.132. The van der Waals surface area contributed by atoms with Crippen molar-refractivity contribution in [2.45, 2.75) is 52.9 Å². The van der Waals surface area contributed by atoms with E-state index in [0.717, 1.165) is 30.6 Å². The molecule has 35 heavy (non-hydrogen) atoms. The van der Waals surface area contributed by atoms with Gasteiger partial charge in [-0.2, -0.15) is 0 Å². The van der Waals surface area contributed by atoms with Gasteiger partial charge in [0.25, 0.3) is 5.91 Å². The lowest BCUT2D eigenvalue weighted by Gasteiger charge is -2.39. The van der Waals surface area contributed by atoms with E-state index in [4.69, 9.17) is 9.47 Å². The third-order valence-electron chi connectivity index (χ3n) is 5.38. The molecule has 0 aliphatic carbocycles. The minimum absolute atomic E-state index is 0.0414. The van der Waals surface area contributed by atoms with Crippen LogP contribution in [0.3, 0.4) is 0 Å². The van der Waals surface area contributed by atoms with Crippen LogP contribution >= 0.6 is 0 Å². The van der Waals surface area contributed by atoms with E-state index in [1.807, 2.05) is 50.0 Å². The van der Waals surface area contributed by atoms with E-state index in [1.165, 1.54) is 5.57 Å². The van der Waals surface area contributed by atoms with E-state index in [0.29, 0.717) is 31.1 Å². The highest BCUT2D eigenvalue weighted by Crippen LogP contribution is 2.35. The fourth-order valence-electron chi connectivity index (χ4n) is 3.51. The van der Waals surface area contributed by atoms with Crippen molar-refractivity contribution in [3.63, 3.8) is 0 Å². The number of allylic oxidation sites excluding steroid dienone is 6. The van der Waals surface area contributed by atoms with Crippen LogP contribution in [0.1, 0.15) is 58.4 Å². The summed E-state index contributed by atoms with van der Waals surface area (Å²) in [6.07, 6.45) is 15.6. The van der Waals surface area contributed by atoms with Gasteiger partial charge in [0.05, 0.1) is 13.7 Å². The molecule has 0 atom stereocenters. The van der Waals surface area contributed by atoms with Crippen LogP contribution in [0.5, 0.6) is 11.5 Å². The maximum Gasteiger partial charge on any atom is 0.272 e. The molecule has 5 nitrogen and oxygen atoms in total. The molecule has 0 unspecified atom stereocenters. The van der Waals surface area contributed by atoms with Gasteiger partial charge in [-0.15, -0.1) is 0 Å². The molecule has 190 valence electrons. The summed E-state index contributed by atoms with van der Waals surface area (Å²) in [6.45, 7) is 17.4. The molecule has 0 saturated carbocycles. The molecular formula is C30H42N2O3. The number of rotatable bonds is 13. The second kappa shape index (κ2) is 17.1. The highest BCUT2D eigenvalue weighted by molar-refractivity contribution is 5.95. The number of ether oxygens (including phenoxy) is 2. The first-order valence-corrected chi connectivity index (χ1v) is 12.5. The van der Waals surface area contributed by atoms with Gasteiger partial charge in [-0.05, 0) is 42.5 Å². The molecule has 0 bridgehead atoms. The van der Waals surface area contributed by atoms with E-state index >= 15 is 0 Å². The molecule has 1 aromatic rings. The zero-order valence-electron chi connectivity index (χ0n) is 22.1. The van der Waals surface area contributed by atoms with Crippen LogP contribution < -0.4 is 9.47 Å². The molecule has 1 amide bonds. The molecule has 0 radical (unpaired) electrons. The summed E-state index contributed by atoms with van der Waals surface area (Å²) in [6, 6.07) is 6.02. The molecule has 1 saturated heterocycles. The number of carbonyl (C=O) groups excluding carboxylic acids is 1. The third kappa shape index (κ3) is 9.44. The molecule has 5 heteroatoms. The smallest absolute Gasteiger partial charge is 0.272 e. The van der Waals surface area contributed by atoms with Crippen molar-refractivity contribution < 1.29 is 14.3 Å². The van der Waals surface area contributed by atoms with Gasteiger partial charge < -0.3 is 14.4 Å². The Bertz CT molecular complexity index is 935. The standard InChI is InChI=1S/C28H36N2O3.C2H6/c1-6-12-22(9-4)14-10-11-18-33-26-16-15-23(19-27(26)32-5)24-20-30(21-24)28(31)25(13-7-2)29-17-8-3;1-2/h6,8,10,12-17,19,24H,1,3,7,9,11,18,20-21H2,2,4-5H3;1-2H3/b14-10-,22-12-,25-13-,29-17?;. The molecule has 1 fully saturated rings. The Balaban J connectivity index is 0.00000298. The number of methoxy groups -OCH3 is 1. The van der Waals surface area contributed by atoms with Crippen molar-refractivity contribution in [1.29, 1.82) is 0 Å². The van der Waals surface area contributed by atoms with Gasteiger partial charge in [0, 0.05) is 25.2 Å². The fraction of sp³-hybridized carbons (Fsp3) is 0.400. The lowest BCUT2D eigenvalue weighted by Crippen LogP contribution is -2.48. The molecule has 1 aliphatic rings. The Labute approximate surface area is 212 Å². The number of amides is 1. The zero-order valence-corrected chi connectivity index (χ0v) is 22.1. The monoisotopic (exact) mass is 478 g/mol. The summed E-state index contributed by atoms with van der Waals surface area (Å²) < 4.78 is 11.5. The van der Waals surface area contributed by atoms with Gasteiger partial charge in [-0.1, -0.05) is 83.4 Å². The molecule has 1 aromatic carbocycles. The average molecular weight is 479 g/mol. The van der Waals surface area contributed by atoms with Crippen molar-refractivity contribution in [1.82, 2.24) is 4.90 Å². The first kappa shape index (κ1) is 29.7. The van der Waals surface area contributed by atoms with Gasteiger partial charge in [0.2, 0.25) is 0 Å². The maximum absolute atomic E-state index is 12.7. The minimum Gasteiger partial charge on any atom is -0.493 e. The molecule has 1 heterocycles. The van der Waals surface area contributed by atoms with E-state index in [9.17, 15) is 4.79 Å². The van der Waals surface area contributed by atoms with Crippen LogP contribution in [-0.2, 0) is 4.79 Å². The van der Waals surface area contributed by atoms with Crippen molar-refractivity contribution in [3.8, 4) is 11.5 Å². The highest BCUT2D eigenvalue weighted by Gasteiger charge is 2.33. The molecule has 0 spiro atoms. The van der Waals surface area contributed by atoms with E-state index < -0.39 is 0 Å². The number of likely N-dealkylation sites (tertiary alicyclic amines) is 1. The Morgan fingerprint density at radius 3 is 2.51 bits per heavy atom. The Morgan fingerprint density at radius 1 is 1.17 bits per heavy atom. The number of benzene rings is 1. The van der Waals surface area contributed by atoms with Crippen LogP contribution in [0.2, 0.25) is 0 Å². The topological polar surface area (TPSA) is 51.1 Å². The number of hydrogen-bond acceptors (Lipinski definition) is 4. The second-order valence-electron chi connectivity index (χ2n) is 7.70. The predicted octanol–water partition coefficient (Wildman–Crippen LogP) is 7.05. The summed E-state index contributed by atoms with van der Waals surface area (Å²) in [5.41, 5.74) is 2.85. The molecule has 2 rings (SSSR count). The first-order chi connectivity index (χ1) is 17.1. The van der Waals surface area contributed by atoms with Crippen molar-refractivity contribution >= 4 is 12.1 Å². The first-order valence-electron chi connectivity index (χ1n) is 12.5. The second-order valence-corrected chi connectivity index (χ2v) is 7.70. The Hall–Kier alpha value is -3.34. The summed E-state index contributed by atoms with van der Waals surface area (Å²) >= 11 is 0. The number of hydrogen-bond donors (Lipinski definition) is 0. The maximum atomic E-state index is 12.7. The van der Waals surface area contributed by atoms with Gasteiger partial charge in [0.15, 0.2) is 11.5 Å². The molecule has 0 N–H and O–H groups in total. The molecule has 0 aromatic heterocycles. The lowest BCUT2D eigenvalue weighted by atomic mass is 9.91. The highest BCUT2D eigenvalue weighted by atomic mass is 16.5. The normalized spacial score (nSPS) is 14.4. The molecule has 1 aliphatic heterocycles. The summed E-state index contributed by atoms with van der Waals surface area (Å²) in [5.74, 6) is 1.67. The summed E-state index contributed by atoms with van der Waals surface area (Å²) in [7, 11) is 1.65. The number of nitrogens with zero attached hydrogens (tertiary/aromatic N) is 2. The van der Waals surface area contributed by atoms with Gasteiger partial charge in [-0.25, -0.2) is 0 Å². The Kier molecular flexibility index (Phi) is 14.5. The SMILES string of the molecule is C=CC=N/C(=C\CC)C(=O)N1CC(c2ccc(OCC/C=C\C(=C/C=C)CC)c(OC)c2)C1.CC. The van der Waals surface area contributed by atoms with Crippen LogP contribution in [0, 0.1) is 0 Å². The lowest BCUT2D eigenvalue weighted by molar-refractivity contribution is -0.131. The van der Waals surface area contributed by atoms with Crippen LogP contribution in [-0.4, -0.2) is 43.8 Å². The summed E-state index contributed by atoms with van der Waals surface area (Å²) in [5, 5.41) is 0. The van der Waals surface area contributed by atoms with Gasteiger partial charge in [-0.3, -0.25) is 9.79 Å². The number of carbonyl (C=O) groups is 1. The zero-order chi connectivity index (χ0) is 26.1. The van der Waals surface area contributed by atoms with E-state index in [2.05, 4.69) is 43.3 Å². The van der Waals surface area contributed by atoms with Crippen LogP contribution in [0.15, 0.2) is 84.1 Å². The van der Waals surface area contributed by atoms with Gasteiger partial charge >= 0.3 is 0 Å². The molecular weight excluding hydrogens is 436 g/mol. The average Bonchev–Trinajstić information content (AvgIpc) is 2.86. The van der Waals surface area contributed by atoms with Crippen molar-refractivity contribution in [2.24, 2.45) is 4.99 Å². The predicted molar refractivity (Wildman–Crippen MR) is 149 cm³/mol. The fourth-order valence-corrected chi connectivity index (χ4v) is 3.51. The van der Waals surface area contributed by atoms with E-state index in [-0.39, 0.29) is 11.8 Å². The largest absolute Gasteiger partial charge is 0.493 e. The van der Waals surface area contributed by atoms with Crippen molar-refractivity contribution in [3.05, 3.63) is 84.6 Å². The van der Waals surface area contributed by atoms with Crippen LogP contribution in [0.4, 0.5) is 0 Å².